The second kappa shape index (κ2) is 5.89. The molecule has 3 rings (SSSR count). The second-order valence-corrected chi connectivity index (χ2v) is 5.70. The monoisotopic (exact) mass is 297 g/mol. The molecule has 0 spiro atoms. The Morgan fingerprint density at radius 1 is 1.09 bits per heavy atom. The molecule has 114 valence electrons. The van der Waals surface area contributed by atoms with Crippen molar-refractivity contribution in [3.8, 4) is 0 Å². The second-order valence-electron chi connectivity index (χ2n) is 5.70. The van der Waals surface area contributed by atoms with Gasteiger partial charge in [-0.15, -0.1) is 0 Å². The van der Waals surface area contributed by atoms with E-state index < -0.39 is 0 Å². The van der Waals surface area contributed by atoms with Crippen molar-refractivity contribution in [3.05, 3.63) is 64.7 Å². The summed E-state index contributed by atoms with van der Waals surface area (Å²) in [5.74, 6) is 0.752. The molecular weight excluding hydrogens is 277 g/mol. The number of nitrogens with two attached hydrogens (primary N) is 1. The SMILES string of the molecule is Cc1cc2nc(Cc3ccc(F)cc3)n(CCN)c2cc1C. The summed E-state index contributed by atoms with van der Waals surface area (Å²) in [6.07, 6.45) is 0.674. The fourth-order valence-corrected chi connectivity index (χ4v) is 2.73. The molecule has 22 heavy (non-hydrogen) atoms. The predicted molar refractivity (Wildman–Crippen MR) is 87.5 cm³/mol. The lowest BCUT2D eigenvalue weighted by Crippen LogP contribution is -2.13. The molecule has 0 bridgehead atoms. The van der Waals surface area contributed by atoms with E-state index in [0.29, 0.717) is 13.0 Å². The van der Waals surface area contributed by atoms with Gasteiger partial charge in [0, 0.05) is 19.5 Å². The van der Waals surface area contributed by atoms with Gasteiger partial charge in [0.2, 0.25) is 0 Å². The average molecular weight is 297 g/mol. The Kier molecular flexibility index (Phi) is 3.94. The van der Waals surface area contributed by atoms with Crippen LogP contribution in [0.5, 0.6) is 0 Å². The summed E-state index contributed by atoms with van der Waals surface area (Å²) in [5.41, 5.74) is 11.4. The lowest BCUT2D eigenvalue weighted by Gasteiger charge is -2.08. The summed E-state index contributed by atoms with van der Waals surface area (Å²) in [4.78, 5) is 4.76. The van der Waals surface area contributed by atoms with Crippen molar-refractivity contribution >= 4 is 11.0 Å². The smallest absolute Gasteiger partial charge is 0.123 e. The number of benzene rings is 2. The Labute approximate surface area is 129 Å². The van der Waals surface area contributed by atoms with Crippen LogP contribution in [0.4, 0.5) is 4.39 Å². The van der Waals surface area contributed by atoms with Crippen LogP contribution in [0, 0.1) is 19.7 Å². The van der Waals surface area contributed by atoms with Crippen LogP contribution in [0.1, 0.15) is 22.5 Å². The Hall–Kier alpha value is -2.20. The quantitative estimate of drug-likeness (QED) is 0.802. The Bertz CT molecular complexity index is 803. The molecule has 4 heteroatoms. The molecule has 0 unspecified atom stereocenters. The zero-order valence-electron chi connectivity index (χ0n) is 12.9. The number of halogens is 1. The van der Waals surface area contributed by atoms with Gasteiger partial charge in [-0.1, -0.05) is 12.1 Å². The van der Waals surface area contributed by atoms with Crippen LogP contribution in [0.2, 0.25) is 0 Å². The van der Waals surface area contributed by atoms with Gasteiger partial charge in [0.15, 0.2) is 0 Å². The minimum absolute atomic E-state index is 0.217. The highest BCUT2D eigenvalue weighted by Gasteiger charge is 2.12. The molecular formula is C18H20FN3. The van der Waals surface area contributed by atoms with Gasteiger partial charge in [-0.2, -0.15) is 0 Å². The summed E-state index contributed by atoms with van der Waals surface area (Å²) in [5, 5.41) is 0. The van der Waals surface area contributed by atoms with Crippen molar-refractivity contribution in [2.45, 2.75) is 26.8 Å². The van der Waals surface area contributed by atoms with Gasteiger partial charge >= 0.3 is 0 Å². The van der Waals surface area contributed by atoms with E-state index >= 15 is 0 Å². The average Bonchev–Trinajstić information content (AvgIpc) is 2.80. The van der Waals surface area contributed by atoms with Gasteiger partial charge in [0.25, 0.3) is 0 Å². The fourth-order valence-electron chi connectivity index (χ4n) is 2.73. The lowest BCUT2D eigenvalue weighted by molar-refractivity contribution is 0.626. The standard InChI is InChI=1S/C18H20FN3/c1-12-9-16-17(10-13(12)2)22(8-7-20)18(21-16)11-14-3-5-15(19)6-4-14/h3-6,9-10H,7-8,11,20H2,1-2H3. The molecule has 0 aliphatic heterocycles. The van der Waals surface area contributed by atoms with E-state index in [1.807, 2.05) is 0 Å². The molecule has 0 atom stereocenters. The summed E-state index contributed by atoms with van der Waals surface area (Å²) >= 11 is 0. The van der Waals surface area contributed by atoms with Crippen LogP contribution in [-0.2, 0) is 13.0 Å². The Morgan fingerprint density at radius 2 is 1.77 bits per heavy atom. The number of fused-ring (bicyclic) bond motifs is 1. The third-order valence-electron chi connectivity index (χ3n) is 4.07. The predicted octanol–water partition coefficient (Wildman–Crippen LogP) is 3.34. The van der Waals surface area contributed by atoms with Crippen molar-refractivity contribution in [3.63, 3.8) is 0 Å². The van der Waals surface area contributed by atoms with E-state index in [1.54, 1.807) is 12.1 Å². The summed E-state index contributed by atoms with van der Waals surface area (Å²) in [7, 11) is 0. The van der Waals surface area contributed by atoms with Crippen molar-refractivity contribution in [1.29, 1.82) is 0 Å². The van der Waals surface area contributed by atoms with Gasteiger partial charge in [0.1, 0.15) is 11.6 Å². The maximum atomic E-state index is 13.0. The number of hydrogen-bond donors (Lipinski definition) is 1. The van der Waals surface area contributed by atoms with Crippen LogP contribution < -0.4 is 5.73 Å². The maximum absolute atomic E-state index is 13.0. The first-order chi connectivity index (χ1) is 10.6. The van der Waals surface area contributed by atoms with Gasteiger partial charge in [-0.25, -0.2) is 9.37 Å². The van der Waals surface area contributed by atoms with E-state index in [0.717, 1.165) is 29.0 Å². The number of hydrogen-bond acceptors (Lipinski definition) is 2. The van der Waals surface area contributed by atoms with Crippen molar-refractivity contribution in [1.82, 2.24) is 9.55 Å². The van der Waals surface area contributed by atoms with Gasteiger partial charge in [-0.05, 0) is 54.8 Å². The molecule has 1 aromatic heterocycles. The Balaban J connectivity index is 2.07. The van der Waals surface area contributed by atoms with Gasteiger partial charge < -0.3 is 10.3 Å². The van der Waals surface area contributed by atoms with Crippen LogP contribution in [0.15, 0.2) is 36.4 Å². The van der Waals surface area contributed by atoms with Gasteiger partial charge in [0.05, 0.1) is 11.0 Å². The topological polar surface area (TPSA) is 43.8 Å². The van der Waals surface area contributed by atoms with E-state index in [1.165, 1.54) is 23.3 Å². The molecule has 2 aromatic carbocycles. The minimum atomic E-state index is -0.217. The minimum Gasteiger partial charge on any atom is -0.329 e. The summed E-state index contributed by atoms with van der Waals surface area (Å²) in [6.45, 7) is 5.49. The molecule has 0 radical (unpaired) electrons. The fraction of sp³-hybridized carbons (Fsp3) is 0.278. The molecule has 3 nitrogen and oxygen atoms in total. The normalized spacial score (nSPS) is 11.3. The highest BCUT2D eigenvalue weighted by atomic mass is 19.1. The lowest BCUT2D eigenvalue weighted by atomic mass is 10.1. The number of aromatic nitrogens is 2. The largest absolute Gasteiger partial charge is 0.329 e. The van der Waals surface area contributed by atoms with Crippen molar-refractivity contribution < 1.29 is 4.39 Å². The van der Waals surface area contributed by atoms with E-state index in [4.69, 9.17) is 10.7 Å². The molecule has 1 heterocycles. The highest BCUT2D eigenvalue weighted by Crippen LogP contribution is 2.22. The number of rotatable bonds is 4. The molecule has 0 aliphatic carbocycles. The van der Waals surface area contributed by atoms with Crippen LogP contribution in [0.3, 0.4) is 0 Å². The summed E-state index contributed by atoms with van der Waals surface area (Å²) < 4.78 is 15.2. The number of nitrogens with zero attached hydrogens (tertiary/aromatic N) is 2. The first-order valence-corrected chi connectivity index (χ1v) is 7.49. The molecule has 3 aromatic rings. The third kappa shape index (κ3) is 2.74. The third-order valence-corrected chi connectivity index (χ3v) is 4.07. The zero-order valence-corrected chi connectivity index (χ0v) is 12.9. The van der Waals surface area contributed by atoms with E-state index in [2.05, 4.69) is 30.5 Å². The first kappa shape index (κ1) is 14.7. The maximum Gasteiger partial charge on any atom is 0.123 e. The molecule has 0 fully saturated rings. The Morgan fingerprint density at radius 3 is 2.45 bits per heavy atom. The van der Waals surface area contributed by atoms with Crippen LogP contribution in [-0.4, -0.2) is 16.1 Å². The van der Waals surface area contributed by atoms with Crippen LogP contribution in [0.25, 0.3) is 11.0 Å². The van der Waals surface area contributed by atoms with E-state index in [9.17, 15) is 4.39 Å². The van der Waals surface area contributed by atoms with Crippen molar-refractivity contribution in [2.24, 2.45) is 5.73 Å². The molecule has 0 aliphatic rings. The number of aryl methyl sites for hydroxylation is 2. The zero-order chi connectivity index (χ0) is 15.7. The number of imidazole rings is 1. The molecule has 2 N–H and O–H groups in total. The first-order valence-electron chi connectivity index (χ1n) is 7.49. The molecule has 0 saturated carbocycles. The summed E-state index contributed by atoms with van der Waals surface area (Å²) in [6, 6.07) is 10.9. The van der Waals surface area contributed by atoms with Crippen LogP contribution >= 0.6 is 0 Å². The highest BCUT2D eigenvalue weighted by molar-refractivity contribution is 5.78. The molecule has 0 amide bonds. The molecule has 0 saturated heterocycles. The van der Waals surface area contributed by atoms with Crippen molar-refractivity contribution in [2.75, 3.05) is 6.54 Å². The van der Waals surface area contributed by atoms with Gasteiger partial charge in [-0.3, -0.25) is 0 Å². The van der Waals surface area contributed by atoms with E-state index in [-0.39, 0.29) is 5.82 Å².